The lowest BCUT2D eigenvalue weighted by molar-refractivity contribution is 0.699. The van der Waals surface area contributed by atoms with Crippen LogP contribution < -0.4 is 0 Å². The Labute approximate surface area is 84.0 Å². The van der Waals surface area contributed by atoms with Gasteiger partial charge in [0, 0.05) is 16.7 Å². The molecule has 0 bridgehead atoms. The summed E-state index contributed by atoms with van der Waals surface area (Å²) in [6, 6.07) is 8.28. The Morgan fingerprint density at radius 1 is 1.29 bits per heavy atom. The van der Waals surface area contributed by atoms with E-state index in [0.29, 0.717) is 5.92 Å². The highest BCUT2D eigenvalue weighted by atomic mass is 15.1. The van der Waals surface area contributed by atoms with E-state index in [4.69, 9.17) is 0 Å². The molecule has 1 heterocycles. The van der Waals surface area contributed by atoms with Crippen LogP contribution in [0.5, 0.6) is 0 Å². The Morgan fingerprint density at radius 2 is 2.07 bits per heavy atom. The van der Waals surface area contributed by atoms with Crippen LogP contribution in [0.2, 0.25) is 0 Å². The quantitative estimate of drug-likeness (QED) is 0.720. The number of fused-ring (bicyclic) bond motifs is 1. The summed E-state index contributed by atoms with van der Waals surface area (Å²) >= 11 is 0. The third kappa shape index (κ3) is 1.48. The van der Waals surface area contributed by atoms with Crippen LogP contribution >= 0.6 is 0 Å². The maximum atomic E-state index is 4.23. The third-order valence-electron chi connectivity index (χ3n) is 2.68. The van der Waals surface area contributed by atoms with Crippen molar-refractivity contribution in [2.45, 2.75) is 26.2 Å². The van der Waals surface area contributed by atoms with E-state index in [0.717, 1.165) is 12.1 Å². The molecule has 1 aromatic heterocycles. The number of benzene rings is 1. The molecule has 0 aliphatic heterocycles. The zero-order chi connectivity index (χ0) is 9.97. The Bertz CT molecular complexity index is 432. The molecule has 0 aliphatic carbocycles. The molecule has 2 rings (SSSR count). The van der Waals surface area contributed by atoms with Crippen molar-refractivity contribution in [3.8, 4) is 0 Å². The van der Waals surface area contributed by atoms with Gasteiger partial charge in [-0.25, -0.2) is 0 Å². The molecule has 72 valence electrons. The fraction of sp³-hybridized carbons (Fsp3) is 0.333. The van der Waals surface area contributed by atoms with Gasteiger partial charge in [0.2, 0.25) is 0 Å². The van der Waals surface area contributed by atoms with E-state index in [2.05, 4.69) is 42.2 Å². The van der Waals surface area contributed by atoms with E-state index in [-0.39, 0.29) is 0 Å². The van der Waals surface area contributed by atoms with E-state index in [1.165, 1.54) is 10.8 Å². The Kier molecular flexibility index (Phi) is 2.44. The molecule has 0 N–H and O–H groups in total. The van der Waals surface area contributed by atoms with Gasteiger partial charge < -0.3 is 0 Å². The van der Waals surface area contributed by atoms with Crippen LogP contribution in [0.3, 0.4) is 0 Å². The van der Waals surface area contributed by atoms with E-state index < -0.39 is 0 Å². The van der Waals surface area contributed by atoms with Gasteiger partial charge in [-0.3, -0.25) is 0 Å². The van der Waals surface area contributed by atoms with E-state index in [1.54, 1.807) is 0 Å². The summed E-state index contributed by atoms with van der Waals surface area (Å²) in [5.41, 5.74) is 1.12. The summed E-state index contributed by atoms with van der Waals surface area (Å²) in [6.07, 6.45) is 2.92. The van der Waals surface area contributed by atoms with Gasteiger partial charge in [0.25, 0.3) is 0 Å². The first kappa shape index (κ1) is 9.13. The van der Waals surface area contributed by atoms with Crippen LogP contribution in [-0.2, 0) is 0 Å². The van der Waals surface area contributed by atoms with Crippen LogP contribution in [0.15, 0.2) is 30.5 Å². The molecule has 0 saturated heterocycles. The smallest absolute Gasteiger partial charge is 0.0737 e. The van der Waals surface area contributed by atoms with Crippen molar-refractivity contribution in [2.75, 3.05) is 0 Å². The molecule has 14 heavy (non-hydrogen) atoms. The first-order valence-corrected chi connectivity index (χ1v) is 5.03. The lowest BCUT2D eigenvalue weighted by Crippen LogP contribution is -1.98. The van der Waals surface area contributed by atoms with E-state index in [9.17, 15) is 0 Å². The minimum Gasteiger partial charge on any atom is -0.158 e. The topological polar surface area (TPSA) is 25.8 Å². The first-order chi connectivity index (χ1) is 6.83. The van der Waals surface area contributed by atoms with Crippen LogP contribution in [-0.4, -0.2) is 10.2 Å². The minimum absolute atomic E-state index is 0.480. The van der Waals surface area contributed by atoms with E-state index >= 15 is 0 Å². The van der Waals surface area contributed by atoms with Crippen molar-refractivity contribution in [3.05, 3.63) is 36.2 Å². The molecular formula is C12H14N2. The van der Waals surface area contributed by atoms with Gasteiger partial charge in [-0.05, 0) is 6.42 Å². The largest absolute Gasteiger partial charge is 0.158 e. The van der Waals surface area contributed by atoms with Gasteiger partial charge in [-0.1, -0.05) is 38.1 Å². The molecule has 0 aliphatic rings. The van der Waals surface area contributed by atoms with Crippen molar-refractivity contribution in [2.24, 2.45) is 0 Å². The third-order valence-corrected chi connectivity index (χ3v) is 2.68. The average Bonchev–Trinajstić information content (AvgIpc) is 2.27. The van der Waals surface area contributed by atoms with Gasteiger partial charge in [0.15, 0.2) is 0 Å². The maximum absolute atomic E-state index is 4.23. The van der Waals surface area contributed by atoms with Gasteiger partial charge in [-0.2, -0.15) is 10.2 Å². The molecular weight excluding hydrogens is 172 g/mol. The van der Waals surface area contributed by atoms with Crippen LogP contribution in [0, 0.1) is 0 Å². The van der Waals surface area contributed by atoms with Gasteiger partial charge in [-0.15, -0.1) is 0 Å². The fourth-order valence-corrected chi connectivity index (χ4v) is 1.61. The predicted octanol–water partition coefficient (Wildman–Crippen LogP) is 3.14. The van der Waals surface area contributed by atoms with Crippen LogP contribution in [0.4, 0.5) is 0 Å². The van der Waals surface area contributed by atoms with Gasteiger partial charge in [0.1, 0.15) is 0 Å². The zero-order valence-electron chi connectivity index (χ0n) is 8.57. The van der Waals surface area contributed by atoms with Gasteiger partial charge >= 0.3 is 0 Å². The van der Waals surface area contributed by atoms with Crippen LogP contribution in [0.1, 0.15) is 31.9 Å². The lowest BCUT2D eigenvalue weighted by Gasteiger charge is -2.09. The van der Waals surface area contributed by atoms with Crippen molar-refractivity contribution in [1.29, 1.82) is 0 Å². The summed E-state index contributed by atoms with van der Waals surface area (Å²) in [4.78, 5) is 0. The highest BCUT2D eigenvalue weighted by Crippen LogP contribution is 2.23. The Balaban J connectivity index is 2.65. The minimum atomic E-state index is 0.480. The molecule has 0 amide bonds. The maximum Gasteiger partial charge on any atom is 0.0737 e. The summed E-state index contributed by atoms with van der Waals surface area (Å²) in [6.45, 7) is 4.37. The molecule has 2 nitrogen and oxygen atoms in total. The Hall–Kier alpha value is -1.44. The molecule has 0 fully saturated rings. The molecule has 2 heteroatoms. The van der Waals surface area contributed by atoms with E-state index in [1.807, 2.05) is 12.3 Å². The monoisotopic (exact) mass is 186 g/mol. The predicted molar refractivity (Wildman–Crippen MR) is 58.2 cm³/mol. The Morgan fingerprint density at radius 3 is 2.86 bits per heavy atom. The van der Waals surface area contributed by atoms with Crippen molar-refractivity contribution >= 4 is 10.8 Å². The number of hydrogen-bond donors (Lipinski definition) is 0. The van der Waals surface area contributed by atoms with Crippen LogP contribution in [0.25, 0.3) is 10.8 Å². The number of nitrogens with zero attached hydrogens (tertiary/aromatic N) is 2. The molecule has 0 radical (unpaired) electrons. The molecule has 1 atom stereocenters. The highest BCUT2D eigenvalue weighted by Gasteiger charge is 2.08. The summed E-state index contributed by atoms with van der Waals surface area (Å²) in [5, 5.41) is 10.7. The highest BCUT2D eigenvalue weighted by molar-refractivity contribution is 5.83. The number of hydrogen-bond acceptors (Lipinski definition) is 2. The molecule has 0 spiro atoms. The normalized spacial score (nSPS) is 13.0. The first-order valence-electron chi connectivity index (χ1n) is 5.03. The zero-order valence-corrected chi connectivity index (χ0v) is 8.57. The summed E-state index contributed by atoms with van der Waals surface area (Å²) in [7, 11) is 0. The van der Waals surface area contributed by atoms with Crippen molar-refractivity contribution in [1.82, 2.24) is 10.2 Å². The second-order valence-corrected chi connectivity index (χ2v) is 3.63. The van der Waals surface area contributed by atoms with Crippen molar-refractivity contribution in [3.63, 3.8) is 0 Å². The van der Waals surface area contributed by atoms with Crippen molar-refractivity contribution < 1.29 is 0 Å². The van der Waals surface area contributed by atoms with Gasteiger partial charge in [0.05, 0.1) is 11.9 Å². The second kappa shape index (κ2) is 3.74. The lowest BCUT2D eigenvalue weighted by atomic mass is 10.00. The standard InChI is InChI=1S/C12H14N2/c1-3-9(2)12-11-7-5-4-6-10(11)8-13-14-12/h4-9H,3H2,1-2H3. The fourth-order valence-electron chi connectivity index (χ4n) is 1.61. The molecule has 0 saturated carbocycles. The average molecular weight is 186 g/mol. The molecule has 1 unspecified atom stereocenters. The molecule has 1 aromatic carbocycles. The molecule has 2 aromatic rings. The number of aromatic nitrogens is 2. The SMILES string of the molecule is CCC(C)c1nncc2ccccc12. The second-order valence-electron chi connectivity index (χ2n) is 3.63. The summed E-state index contributed by atoms with van der Waals surface area (Å²) in [5.74, 6) is 0.480. The summed E-state index contributed by atoms with van der Waals surface area (Å²) < 4.78 is 0. The number of rotatable bonds is 2.